The van der Waals surface area contributed by atoms with Gasteiger partial charge in [-0.3, -0.25) is 0 Å². The van der Waals surface area contributed by atoms with Crippen LogP contribution in [0, 0.1) is 0 Å². The van der Waals surface area contributed by atoms with Crippen molar-refractivity contribution in [1.82, 2.24) is 5.32 Å². The van der Waals surface area contributed by atoms with Crippen LogP contribution >= 0.6 is 0 Å². The smallest absolute Gasteiger partial charge is 0.120 e. The van der Waals surface area contributed by atoms with E-state index in [9.17, 15) is 5.11 Å². The van der Waals surface area contributed by atoms with E-state index in [0.29, 0.717) is 11.8 Å². The van der Waals surface area contributed by atoms with E-state index < -0.39 is 0 Å². The Morgan fingerprint density at radius 1 is 1.24 bits per heavy atom. The number of hydrogen-bond acceptors (Lipinski definition) is 3. The number of hydrogen-bond donors (Lipinski definition) is 2. The first kappa shape index (κ1) is 14.0. The van der Waals surface area contributed by atoms with Crippen LogP contribution in [0.2, 0.25) is 0 Å². The highest BCUT2D eigenvalue weighted by atomic mass is 16.5. The van der Waals surface area contributed by atoms with Crippen molar-refractivity contribution < 1.29 is 9.84 Å². The Balaban J connectivity index is 1.80. The quantitative estimate of drug-likeness (QED) is 0.898. The molecule has 0 bridgehead atoms. The molecule has 0 heterocycles. The molecule has 1 aliphatic rings. The Bertz CT molecular complexity index is 639. The normalized spacial score (nSPS) is 18.3. The number of aryl methyl sites for hydroxylation is 1. The number of rotatable bonds is 4. The van der Waals surface area contributed by atoms with Gasteiger partial charge < -0.3 is 15.2 Å². The van der Waals surface area contributed by atoms with Crippen molar-refractivity contribution in [2.75, 3.05) is 7.11 Å². The third-order valence-electron chi connectivity index (χ3n) is 4.29. The predicted octanol–water partition coefficient (Wildman–Crippen LogP) is 3.74. The number of aromatic hydroxyl groups is 1. The molecule has 0 radical (unpaired) electrons. The second kappa shape index (κ2) is 5.78. The zero-order valence-corrected chi connectivity index (χ0v) is 12.5. The molecule has 3 nitrogen and oxygen atoms in total. The first-order valence-electron chi connectivity index (χ1n) is 7.40. The van der Waals surface area contributed by atoms with Crippen molar-refractivity contribution in [1.29, 1.82) is 0 Å². The van der Waals surface area contributed by atoms with Gasteiger partial charge in [0, 0.05) is 17.6 Å². The van der Waals surface area contributed by atoms with Gasteiger partial charge in [0.1, 0.15) is 11.5 Å². The summed E-state index contributed by atoms with van der Waals surface area (Å²) in [7, 11) is 1.64. The van der Waals surface area contributed by atoms with E-state index in [0.717, 1.165) is 24.2 Å². The molecule has 0 spiro atoms. The van der Waals surface area contributed by atoms with Crippen molar-refractivity contribution in [2.24, 2.45) is 0 Å². The molecule has 0 aliphatic heterocycles. The molecule has 2 aromatic carbocycles. The van der Waals surface area contributed by atoms with Crippen molar-refractivity contribution in [2.45, 2.75) is 31.8 Å². The summed E-state index contributed by atoms with van der Waals surface area (Å²) in [6.07, 6.45) is 2.22. The Hall–Kier alpha value is -2.00. The second-order valence-corrected chi connectivity index (χ2v) is 5.60. The van der Waals surface area contributed by atoms with Crippen LogP contribution in [-0.4, -0.2) is 12.2 Å². The van der Waals surface area contributed by atoms with Crippen LogP contribution in [0.25, 0.3) is 0 Å². The Morgan fingerprint density at radius 3 is 2.86 bits per heavy atom. The van der Waals surface area contributed by atoms with Crippen LogP contribution in [0.5, 0.6) is 11.5 Å². The standard InChI is InChI=1S/C18H21NO2/c1-12(16-11-14(21-2)8-10-18(16)20)19-17-9-7-13-5-3-4-6-15(13)17/h3-6,8,10-12,17,19-20H,7,9H2,1-2H3. The van der Waals surface area contributed by atoms with Crippen LogP contribution in [0.4, 0.5) is 0 Å². The third-order valence-corrected chi connectivity index (χ3v) is 4.29. The number of fused-ring (bicyclic) bond motifs is 1. The largest absolute Gasteiger partial charge is 0.508 e. The second-order valence-electron chi connectivity index (χ2n) is 5.60. The lowest BCUT2D eigenvalue weighted by Crippen LogP contribution is -2.23. The summed E-state index contributed by atoms with van der Waals surface area (Å²) in [5, 5.41) is 13.7. The van der Waals surface area contributed by atoms with E-state index >= 15 is 0 Å². The number of nitrogens with one attached hydrogen (secondary N) is 1. The molecule has 3 heteroatoms. The van der Waals surface area contributed by atoms with Crippen LogP contribution in [0.3, 0.4) is 0 Å². The number of benzene rings is 2. The Labute approximate surface area is 125 Å². The molecule has 2 atom stereocenters. The fourth-order valence-corrected chi connectivity index (χ4v) is 3.13. The van der Waals surface area contributed by atoms with Gasteiger partial charge in [0.2, 0.25) is 0 Å². The van der Waals surface area contributed by atoms with E-state index in [2.05, 4.69) is 36.5 Å². The molecule has 2 aromatic rings. The topological polar surface area (TPSA) is 41.5 Å². The van der Waals surface area contributed by atoms with E-state index in [1.165, 1.54) is 11.1 Å². The van der Waals surface area contributed by atoms with Crippen LogP contribution in [0.15, 0.2) is 42.5 Å². The van der Waals surface area contributed by atoms with E-state index in [1.54, 1.807) is 19.2 Å². The minimum Gasteiger partial charge on any atom is -0.508 e. The summed E-state index contributed by atoms with van der Waals surface area (Å²) in [6, 6.07) is 14.4. The first-order valence-corrected chi connectivity index (χ1v) is 7.40. The maximum absolute atomic E-state index is 10.1. The number of phenols is 1. The van der Waals surface area contributed by atoms with Gasteiger partial charge in [0.15, 0.2) is 0 Å². The first-order chi connectivity index (χ1) is 10.2. The van der Waals surface area contributed by atoms with Gasteiger partial charge in [0.05, 0.1) is 7.11 Å². The van der Waals surface area contributed by atoms with E-state index in [-0.39, 0.29) is 6.04 Å². The average Bonchev–Trinajstić information content (AvgIpc) is 2.91. The molecule has 0 aromatic heterocycles. The molecule has 0 saturated carbocycles. The summed E-state index contributed by atoms with van der Waals surface area (Å²) in [5.74, 6) is 1.07. The Kier molecular flexibility index (Phi) is 3.84. The maximum atomic E-state index is 10.1. The summed E-state index contributed by atoms with van der Waals surface area (Å²) >= 11 is 0. The zero-order chi connectivity index (χ0) is 14.8. The Morgan fingerprint density at radius 2 is 2.05 bits per heavy atom. The molecule has 2 unspecified atom stereocenters. The summed E-state index contributed by atoms with van der Waals surface area (Å²) in [4.78, 5) is 0. The fraction of sp³-hybridized carbons (Fsp3) is 0.333. The molecular formula is C18H21NO2. The highest BCUT2D eigenvalue weighted by Crippen LogP contribution is 2.35. The lowest BCUT2D eigenvalue weighted by molar-refractivity contribution is 0.402. The van der Waals surface area contributed by atoms with Gasteiger partial charge in [-0.05, 0) is 49.1 Å². The zero-order valence-electron chi connectivity index (χ0n) is 12.5. The van der Waals surface area contributed by atoms with Crippen LogP contribution < -0.4 is 10.1 Å². The number of methoxy groups -OCH3 is 1. The van der Waals surface area contributed by atoms with E-state index in [4.69, 9.17) is 4.74 Å². The van der Waals surface area contributed by atoms with Crippen molar-refractivity contribution in [3.05, 3.63) is 59.2 Å². The molecular weight excluding hydrogens is 262 g/mol. The predicted molar refractivity (Wildman–Crippen MR) is 83.7 cm³/mol. The maximum Gasteiger partial charge on any atom is 0.120 e. The molecule has 2 N–H and O–H groups in total. The monoisotopic (exact) mass is 283 g/mol. The summed E-state index contributed by atoms with van der Waals surface area (Å²) < 4.78 is 5.25. The third kappa shape index (κ3) is 2.74. The van der Waals surface area contributed by atoms with Gasteiger partial charge >= 0.3 is 0 Å². The summed E-state index contributed by atoms with van der Waals surface area (Å²) in [5.41, 5.74) is 3.68. The lowest BCUT2D eigenvalue weighted by Gasteiger charge is -2.22. The van der Waals surface area contributed by atoms with Crippen molar-refractivity contribution in [3.63, 3.8) is 0 Å². The van der Waals surface area contributed by atoms with Gasteiger partial charge in [-0.15, -0.1) is 0 Å². The molecule has 0 saturated heterocycles. The minimum atomic E-state index is 0.0660. The van der Waals surface area contributed by atoms with Gasteiger partial charge in [-0.1, -0.05) is 24.3 Å². The SMILES string of the molecule is COc1ccc(O)c(C(C)NC2CCc3ccccc32)c1. The number of ether oxygens (including phenoxy) is 1. The van der Waals surface area contributed by atoms with E-state index in [1.807, 2.05) is 6.07 Å². The molecule has 1 aliphatic carbocycles. The van der Waals surface area contributed by atoms with Gasteiger partial charge in [-0.2, -0.15) is 0 Å². The highest BCUT2D eigenvalue weighted by Gasteiger charge is 2.24. The highest BCUT2D eigenvalue weighted by molar-refractivity contribution is 5.42. The molecule has 0 fully saturated rings. The summed E-state index contributed by atoms with van der Waals surface area (Å²) in [6.45, 7) is 2.08. The fourth-order valence-electron chi connectivity index (χ4n) is 3.13. The van der Waals surface area contributed by atoms with Gasteiger partial charge in [0.25, 0.3) is 0 Å². The van der Waals surface area contributed by atoms with Crippen molar-refractivity contribution >= 4 is 0 Å². The lowest BCUT2D eigenvalue weighted by atomic mass is 10.0. The molecule has 0 amide bonds. The molecule has 110 valence electrons. The molecule has 21 heavy (non-hydrogen) atoms. The van der Waals surface area contributed by atoms with Crippen LogP contribution in [0.1, 0.15) is 42.1 Å². The van der Waals surface area contributed by atoms with Crippen LogP contribution in [-0.2, 0) is 6.42 Å². The average molecular weight is 283 g/mol. The number of phenolic OH excluding ortho intramolecular Hbond substituents is 1. The van der Waals surface area contributed by atoms with Gasteiger partial charge in [-0.25, -0.2) is 0 Å². The molecule has 3 rings (SSSR count). The minimum absolute atomic E-state index is 0.0660. The van der Waals surface area contributed by atoms with Crippen molar-refractivity contribution in [3.8, 4) is 11.5 Å².